The Balaban J connectivity index is 2.01. The molecule has 0 unspecified atom stereocenters. The smallest absolute Gasteiger partial charge is 0.319 e. The van der Waals surface area contributed by atoms with Crippen LogP contribution in [0.2, 0.25) is 0 Å². The van der Waals surface area contributed by atoms with Gasteiger partial charge in [-0.1, -0.05) is 44.7 Å². The van der Waals surface area contributed by atoms with Gasteiger partial charge in [0.05, 0.1) is 5.69 Å². The average Bonchev–Trinajstić information content (AvgIpc) is 2.62. The molecule has 7 heteroatoms. The van der Waals surface area contributed by atoms with Gasteiger partial charge >= 0.3 is 6.03 Å². The first-order valence-electron chi connectivity index (χ1n) is 9.19. The average molecular weight is 368 g/mol. The van der Waals surface area contributed by atoms with E-state index < -0.39 is 10.0 Å². The quantitative estimate of drug-likeness (QED) is 0.690. The lowest BCUT2D eigenvalue weighted by Gasteiger charge is -2.26. The minimum atomic E-state index is -3.58. The number of carbonyl (C=O) groups excluding carboxylic acids is 1. The Morgan fingerprint density at radius 3 is 2.52 bits per heavy atom. The molecule has 1 aromatic rings. The zero-order valence-corrected chi connectivity index (χ0v) is 15.8. The van der Waals surface area contributed by atoms with E-state index in [1.807, 2.05) is 0 Å². The highest BCUT2D eigenvalue weighted by atomic mass is 32.2. The molecule has 0 bridgehead atoms. The molecule has 0 spiro atoms. The van der Waals surface area contributed by atoms with Gasteiger partial charge in [0.25, 0.3) is 0 Å². The molecule has 0 aromatic heterocycles. The van der Waals surface area contributed by atoms with Crippen LogP contribution in [0.3, 0.4) is 0 Å². The molecule has 0 aliphatic carbocycles. The van der Waals surface area contributed by atoms with Crippen LogP contribution >= 0.6 is 0 Å². The van der Waals surface area contributed by atoms with Crippen molar-refractivity contribution < 1.29 is 13.2 Å². The number of rotatable bonds is 8. The molecule has 0 saturated carbocycles. The highest BCUT2D eigenvalue weighted by Gasteiger charge is 2.28. The van der Waals surface area contributed by atoms with Crippen molar-refractivity contribution in [2.24, 2.45) is 0 Å². The Labute approximate surface area is 151 Å². The maximum atomic E-state index is 12.9. The van der Waals surface area contributed by atoms with E-state index in [1.54, 1.807) is 24.3 Å². The molecule has 0 radical (unpaired) electrons. The number of nitrogens with zero attached hydrogens (tertiary/aromatic N) is 1. The second-order valence-electron chi connectivity index (χ2n) is 6.40. The molecule has 140 valence electrons. The first kappa shape index (κ1) is 19.7. The van der Waals surface area contributed by atoms with Crippen LogP contribution in [0.5, 0.6) is 0 Å². The number of benzene rings is 1. The van der Waals surface area contributed by atoms with Gasteiger partial charge < -0.3 is 10.6 Å². The molecule has 2 amide bonds. The van der Waals surface area contributed by atoms with Crippen molar-refractivity contribution in [2.45, 2.75) is 56.8 Å². The number of unbranched alkanes of at least 4 members (excludes halogenated alkanes) is 3. The van der Waals surface area contributed by atoms with Crippen molar-refractivity contribution in [1.82, 2.24) is 9.62 Å². The van der Waals surface area contributed by atoms with E-state index in [1.165, 1.54) is 4.31 Å². The summed E-state index contributed by atoms with van der Waals surface area (Å²) in [6.07, 6.45) is 7.13. The number of carbonyl (C=O) groups is 1. The highest BCUT2D eigenvalue weighted by molar-refractivity contribution is 7.89. The minimum absolute atomic E-state index is 0.165. The summed E-state index contributed by atoms with van der Waals surface area (Å²) in [5.41, 5.74) is 0.333. The number of piperidine rings is 1. The third kappa shape index (κ3) is 5.71. The van der Waals surface area contributed by atoms with Gasteiger partial charge in [-0.05, 0) is 31.4 Å². The fraction of sp³-hybridized carbons (Fsp3) is 0.611. The van der Waals surface area contributed by atoms with E-state index >= 15 is 0 Å². The van der Waals surface area contributed by atoms with E-state index in [4.69, 9.17) is 0 Å². The Hall–Kier alpha value is -1.60. The van der Waals surface area contributed by atoms with E-state index in [9.17, 15) is 13.2 Å². The van der Waals surface area contributed by atoms with Gasteiger partial charge in [-0.15, -0.1) is 0 Å². The number of hydrogen-bond donors (Lipinski definition) is 2. The molecule has 1 aliphatic heterocycles. The van der Waals surface area contributed by atoms with Gasteiger partial charge in [0, 0.05) is 19.6 Å². The summed E-state index contributed by atoms with van der Waals surface area (Å²) < 4.78 is 27.3. The maximum absolute atomic E-state index is 12.9. The van der Waals surface area contributed by atoms with Crippen LogP contribution in [0.4, 0.5) is 10.5 Å². The van der Waals surface area contributed by atoms with Crippen molar-refractivity contribution in [3.05, 3.63) is 24.3 Å². The number of nitrogens with one attached hydrogen (secondary N) is 2. The molecule has 1 saturated heterocycles. The van der Waals surface area contributed by atoms with Crippen LogP contribution < -0.4 is 10.6 Å². The fourth-order valence-corrected chi connectivity index (χ4v) is 4.62. The molecule has 25 heavy (non-hydrogen) atoms. The maximum Gasteiger partial charge on any atom is 0.319 e. The van der Waals surface area contributed by atoms with Crippen LogP contribution in [0.1, 0.15) is 51.9 Å². The molecule has 1 aromatic carbocycles. The van der Waals surface area contributed by atoms with E-state index in [-0.39, 0.29) is 10.9 Å². The summed E-state index contributed by atoms with van der Waals surface area (Å²) in [5, 5.41) is 5.48. The second kappa shape index (κ2) is 9.77. The lowest BCUT2D eigenvalue weighted by Crippen LogP contribution is -2.36. The zero-order chi connectivity index (χ0) is 18.1. The van der Waals surface area contributed by atoms with Gasteiger partial charge in [0.2, 0.25) is 10.0 Å². The molecule has 6 nitrogen and oxygen atoms in total. The molecular formula is C18H29N3O3S. The topological polar surface area (TPSA) is 78.5 Å². The molecule has 1 aliphatic rings. The van der Waals surface area contributed by atoms with Crippen LogP contribution in [-0.4, -0.2) is 38.4 Å². The Bertz CT molecular complexity index is 655. The Morgan fingerprint density at radius 2 is 1.80 bits per heavy atom. The number of anilines is 1. The summed E-state index contributed by atoms with van der Waals surface area (Å²) in [4.78, 5) is 12.2. The number of amides is 2. The summed E-state index contributed by atoms with van der Waals surface area (Å²) >= 11 is 0. The first-order chi connectivity index (χ1) is 12.1. The minimum Gasteiger partial charge on any atom is -0.338 e. The van der Waals surface area contributed by atoms with Crippen molar-refractivity contribution in [1.29, 1.82) is 0 Å². The number of urea groups is 1. The largest absolute Gasteiger partial charge is 0.338 e. The molecule has 1 heterocycles. The molecule has 0 atom stereocenters. The van der Waals surface area contributed by atoms with E-state index in [0.717, 1.165) is 44.9 Å². The van der Waals surface area contributed by atoms with Crippen molar-refractivity contribution in [2.75, 3.05) is 25.0 Å². The summed E-state index contributed by atoms with van der Waals surface area (Å²) in [7, 11) is -3.58. The molecule has 2 N–H and O–H groups in total. The van der Waals surface area contributed by atoms with E-state index in [2.05, 4.69) is 17.6 Å². The predicted octanol–water partition coefficient (Wildman–Crippen LogP) is 3.56. The first-order valence-corrected chi connectivity index (χ1v) is 10.6. The Kier molecular flexibility index (Phi) is 7.71. The van der Waals surface area contributed by atoms with Gasteiger partial charge in [-0.25, -0.2) is 13.2 Å². The molecular weight excluding hydrogens is 338 g/mol. The monoisotopic (exact) mass is 367 g/mol. The number of sulfonamides is 1. The lowest BCUT2D eigenvalue weighted by atomic mass is 10.2. The number of para-hydroxylation sites is 1. The third-order valence-electron chi connectivity index (χ3n) is 4.38. The van der Waals surface area contributed by atoms with E-state index in [0.29, 0.717) is 25.3 Å². The normalized spacial score (nSPS) is 15.7. The van der Waals surface area contributed by atoms with Gasteiger partial charge in [-0.2, -0.15) is 4.31 Å². The molecule has 2 rings (SSSR count). The SMILES string of the molecule is CCCCCCNC(=O)Nc1ccccc1S(=O)(=O)N1CCCCC1. The highest BCUT2D eigenvalue weighted by Crippen LogP contribution is 2.26. The van der Waals surface area contributed by atoms with Crippen molar-refractivity contribution in [3.8, 4) is 0 Å². The fourth-order valence-electron chi connectivity index (χ4n) is 2.96. The van der Waals surface area contributed by atoms with Gasteiger partial charge in [-0.3, -0.25) is 0 Å². The number of hydrogen-bond acceptors (Lipinski definition) is 3. The van der Waals surface area contributed by atoms with Crippen molar-refractivity contribution >= 4 is 21.7 Å². The van der Waals surface area contributed by atoms with Crippen LogP contribution in [0.15, 0.2) is 29.2 Å². The van der Waals surface area contributed by atoms with Crippen molar-refractivity contribution in [3.63, 3.8) is 0 Å². The van der Waals surface area contributed by atoms with Crippen LogP contribution in [-0.2, 0) is 10.0 Å². The zero-order valence-electron chi connectivity index (χ0n) is 15.0. The third-order valence-corrected chi connectivity index (χ3v) is 6.34. The van der Waals surface area contributed by atoms with Gasteiger partial charge in [0.15, 0.2) is 0 Å². The molecule has 1 fully saturated rings. The van der Waals surface area contributed by atoms with Gasteiger partial charge in [0.1, 0.15) is 4.90 Å². The summed E-state index contributed by atoms with van der Waals surface area (Å²) in [5.74, 6) is 0. The predicted molar refractivity (Wildman–Crippen MR) is 100 cm³/mol. The second-order valence-corrected chi connectivity index (χ2v) is 8.31. The van der Waals surface area contributed by atoms with Crippen LogP contribution in [0, 0.1) is 0 Å². The standard InChI is InChI=1S/C18H29N3O3S/c1-2-3-4-8-13-19-18(22)20-16-11-6-7-12-17(16)25(23,24)21-14-9-5-10-15-21/h6-7,11-12H,2-5,8-10,13-15H2,1H3,(H2,19,20,22). The lowest BCUT2D eigenvalue weighted by molar-refractivity contribution is 0.252. The Morgan fingerprint density at radius 1 is 1.08 bits per heavy atom. The summed E-state index contributed by atoms with van der Waals surface area (Å²) in [6, 6.07) is 6.24. The van der Waals surface area contributed by atoms with Crippen LogP contribution in [0.25, 0.3) is 0 Å². The summed E-state index contributed by atoms with van der Waals surface area (Å²) in [6.45, 7) is 3.81.